The van der Waals surface area contributed by atoms with Crippen LogP contribution in [0.25, 0.3) is 10.5 Å². The van der Waals surface area contributed by atoms with Crippen molar-refractivity contribution in [1.82, 2.24) is 4.57 Å². The molecule has 0 bridgehead atoms. The second-order valence-corrected chi connectivity index (χ2v) is 6.09. The number of rotatable bonds is 2. The molecule has 1 aliphatic carbocycles. The molecule has 0 amide bonds. The lowest BCUT2D eigenvalue weighted by Gasteiger charge is -2.29. The Morgan fingerprint density at radius 1 is 1.26 bits per heavy atom. The van der Waals surface area contributed by atoms with Gasteiger partial charge in [-0.25, -0.2) is 22.4 Å². The number of fused-ring (bicyclic) bond motifs is 1. The first-order valence-corrected chi connectivity index (χ1v) is 7.64. The molecule has 1 aromatic heterocycles. The minimum atomic E-state index is -5.02. The van der Waals surface area contributed by atoms with Gasteiger partial charge in [-0.3, -0.25) is 0 Å². The normalized spacial score (nSPS) is 19.0. The number of halogens is 7. The van der Waals surface area contributed by atoms with Crippen molar-refractivity contribution in [2.75, 3.05) is 0 Å². The van der Waals surface area contributed by atoms with Gasteiger partial charge in [0.05, 0.1) is 12.1 Å². The lowest BCUT2D eigenvalue weighted by Crippen LogP contribution is -2.33. The average molecular weight is 392 g/mol. The number of hydrogen-bond acceptors (Lipinski definition) is 1. The fraction of sp³-hybridized carbons (Fsp3) is 0.353. The first-order valence-electron chi connectivity index (χ1n) is 7.64. The Morgan fingerprint density at radius 2 is 1.93 bits per heavy atom. The van der Waals surface area contributed by atoms with E-state index in [-0.39, 0.29) is 17.1 Å². The smallest absolute Gasteiger partial charge is 0.382 e. The molecule has 27 heavy (non-hydrogen) atoms. The summed E-state index contributed by atoms with van der Waals surface area (Å²) >= 11 is 0. The number of alkyl halides is 7. The van der Waals surface area contributed by atoms with Crippen molar-refractivity contribution in [3.05, 3.63) is 58.2 Å². The van der Waals surface area contributed by atoms with Gasteiger partial charge in [0, 0.05) is 35.1 Å². The van der Waals surface area contributed by atoms with E-state index in [0.717, 1.165) is 22.8 Å². The van der Waals surface area contributed by atoms with Crippen molar-refractivity contribution >= 4 is 5.69 Å². The Balaban J connectivity index is 2.25. The SMILES string of the molecule is [C-]#[N+]c1ccc(-n2cc(C(F)(F)F)c3c2CCC(F)(F)[C@H]3O)cc1C(F)F. The van der Waals surface area contributed by atoms with Gasteiger partial charge in [0.2, 0.25) is 0 Å². The molecule has 144 valence electrons. The number of aromatic nitrogens is 1. The van der Waals surface area contributed by atoms with Crippen molar-refractivity contribution in [2.45, 2.75) is 37.5 Å². The maximum absolute atomic E-state index is 13.8. The molecule has 1 aliphatic rings. The molecule has 3 nitrogen and oxygen atoms in total. The first kappa shape index (κ1) is 19.2. The summed E-state index contributed by atoms with van der Waals surface area (Å²) < 4.78 is 94.7. The van der Waals surface area contributed by atoms with Gasteiger partial charge in [-0.05, 0) is 18.6 Å². The molecule has 0 unspecified atom stereocenters. The molecular formula is C17H11F7N2O. The molecule has 0 radical (unpaired) electrons. The van der Waals surface area contributed by atoms with Crippen LogP contribution in [-0.2, 0) is 12.6 Å². The Bertz CT molecular complexity index is 925. The van der Waals surface area contributed by atoms with E-state index in [4.69, 9.17) is 6.57 Å². The molecule has 0 fully saturated rings. The van der Waals surface area contributed by atoms with Gasteiger partial charge in [-0.1, -0.05) is 6.07 Å². The molecule has 1 N–H and O–H groups in total. The molecule has 0 saturated heterocycles. The highest BCUT2D eigenvalue weighted by Crippen LogP contribution is 2.48. The molecule has 0 aliphatic heterocycles. The number of benzene rings is 1. The molecule has 1 atom stereocenters. The molecular weight excluding hydrogens is 381 g/mol. The van der Waals surface area contributed by atoms with Crippen molar-refractivity contribution in [3.8, 4) is 5.69 Å². The van der Waals surface area contributed by atoms with E-state index in [9.17, 15) is 35.8 Å². The summed E-state index contributed by atoms with van der Waals surface area (Å²) in [5.41, 5.74) is -3.81. The summed E-state index contributed by atoms with van der Waals surface area (Å²) in [5, 5.41) is 9.80. The standard InChI is InChI=1S/C17H11F7N2O/c1-25-11-3-2-8(6-9(11)15(18)19)26-7-10(17(22,23)24)13-12(26)4-5-16(20,21)14(13)27/h2-3,6-7,14-15,27H,4-5H2/t14-/m0/s1. The van der Waals surface area contributed by atoms with Crippen LogP contribution in [0.15, 0.2) is 24.4 Å². The van der Waals surface area contributed by atoms with E-state index in [1.807, 2.05) is 0 Å². The highest BCUT2D eigenvalue weighted by atomic mass is 19.4. The summed E-state index contributed by atoms with van der Waals surface area (Å²) in [6, 6.07) is 3.02. The van der Waals surface area contributed by atoms with E-state index in [2.05, 4.69) is 4.85 Å². The second kappa shape index (κ2) is 6.27. The lowest BCUT2D eigenvalue weighted by molar-refractivity contribution is -0.147. The lowest BCUT2D eigenvalue weighted by atomic mass is 9.89. The maximum atomic E-state index is 13.8. The molecule has 0 saturated carbocycles. The molecule has 2 aromatic rings. The van der Waals surface area contributed by atoms with E-state index >= 15 is 0 Å². The largest absolute Gasteiger partial charge is 0.418 e. The number of aliphatic hydroxyl groups excluding tert-OH is 1. The quantitative estimate of drug-likeness (QED) is 0.523. The molecule has 10 heteroatoms. The predicted octanol–water partition coefficient (Wildman–Crippen LogP) is 5.60. The highest BCUT2D eigenvalue weighted by Gasteiger charge is 2.50. The van der Waals surface area contributed by atoms with Crippen LogP contribution < -0.4 is 0 Å². The van der Waals surface area contributed by atoms with E-state index < -0.39 is 54.2 Å². The van der Waals surface area contributed by atoms with Crippen LogP contribution in [0.1, 0.15) is 41.3 Å². The molecule has 1 heterocycles. The van der Waals surface area contributed by atoms with Crippen molar-refractivity contribution in [2.24, 2.45) is 0 Å². The average Bonchev–Trinajstić information content (AvgIpc) is 2.98. The van der Waals surface area contributed by atoms with E-state index in [1.165, 1.54) is 0 Å². The fourth-order valence-electron chi connectivity index (χ4n) is 3.18. The topological polar surface area (TPSA) is 29.5 Å². The molecule has 1 aromatic carbocycles. The summed E-state index contributed by atoms with van der Waals surface area (Å²) in [6.45, 7) is 6.88. The molecule has 3 rings (SSSR count). The Labute approximate surface area is 148 Å². The third kappa shape index (κ3) is 3.16. The van der Waals surface area contributed by atoms with Gasteiger partial charge in [0.15, 0.2) is 5.69 Å². The number of hydrogen-bond donors (Lipinski definition) is 1. The first-order chi connectivity index (χ1) is 12.5. The summed E-state index contributed by atoms with van der Waals surface area (Å²) in [4.78, 5) is 2.93. The van der Waals surface area contributed by atoms with Gasteiger partial charge >= 0.3 is 6.18 Å². The van der Waals surface area contributed by atoms with Gasteiger partial charge in [-0.15, -0.1) is 0 Å². The molecule has 0 spiro atoms. The van der Waals surface area contributed by atoms with Crippen LogP contribution in [0, 0.1) is 6.57 Å². The van der Waals surface area contributed by atoms with Crippen molar-refractivity contribution < 1.29 is 35.8 Å². The fourth-order valence-corrected chi connectivity index (χ4v) is 3.18. The van der Waals surface area contributed by atoms with E-state index in [1.54, 1.807) is 0 Å². The Morgan fingerprint density at radius 3 is 2.48 bits per heavy atom. The zero-order valence-corrected chi connectivity index (χ0v) is 13.4. The van der Waals surface area contributed by atoms with Crippen molar-refractivity contribution in [1.29, 1.82) is 0 Å². The van der Waals surface area contributed by atoms with Gasteiger partial charge in [-0.2, -0.15) is 13.2 Å². The summed E-state index contributed by atoms with van der Waals surface area (Å²) in [5.74, 6) is -3.73. The van der Waals surface area contributed by atoms with Crippen LogP contribution in [0.4, 0.5) is 36.4 Å². The Kier molecular flexibility index (Phi) is 4.46. The van der Waals surface area contributed by atoms with E-state index in [0.29, 0.717) is 6.20 Å². The monoisotopic (exact) mass is 392 g/mol. The zero-order chi connectivity index (χ0) is 20.1. The number of aliphatic hydroxyl groups is 1. The third-order valence-electron chi connectivity index (χ3n) is 4.47. The van der Waals surface area contributed by atoms with Gasteiger partial charge in [0.25, 0.3) is 12.3 Å². The highest BCUT2D eigenvalue weighted by molar-refractivity contribution is 5.58. The summed E-state index contributed by atoms with van der Waals surface area (Å²) in [7, 11) is 0. The third-order valence-corrected chi connectivity index (χ3v) is 4.47. The maximum Gasteiger partial charge on any atom is 0.418 e. The van der Waals surface area contributed by atoms with Crippen LogP contribution in [0.2, 0.25) is 0 Å². The van der Waals surface area contributed by atoms with Gasteiger partial charge in [0.1, 0.15) is 6.10 Å². The minimum Gasteiger partial charge on any atom is -0.382 e. The predicted molar refractivity (Wildman–Crippen MR) is 80.2 cm³/mol. The van der Waals surface area contributed by atoms with Crippen LogP contribution in [0.5, 0.6) is 0 Å². The second-order valence-electron chi connectivity index (χ2n) is 6.09. The van der Waals surface area contributed by atoms with Crippen LogP contribution in [-0.4, -0.2) is 15.6 Å². The zero-order valence-electron chi connectivity index (χ0n) is 13.4. The van der Waals surface area contributed by atoms with Gasteiger partial charge < -0.3 is 9.67 Å². The van der Waals surface area contributed by atoms with Crippen molar-refractivity contribution in [3.63, 3.8) is 0 Å². The minimum absolute atomic E-state index is 0.137. The number of nitrogens with zero attached hydrogens (tertiary/aromatic N) is 2. The van der Waals surface area contributed by atoms with Crippen LogP contribution >= 0.6 is 0 Å². The summed E-state index contributed by atoms with van der Waals surface area (Å²) in [6.07, 6.45) is -11.6. The van der Waals surface area contributed by atoms with Crippen LogP contribution in [0.3, 0.4) is 0 Å². The Hall–Kier alpha value is -2.54.